The zero-order valence-corrected chi connectivity index (χ0v) is 6.18. The molecule has 0 saturated carbocycles. The van der Waals surface area contributed by atoms with Crippen LogP contribution in [0.25, 0.3) is 0 Å². The molecule has 2 heteroatoms. The van der Waals surface area contributed by atoms with Gasteiger partial charge >= 0.3 is 0 Å². The SMILES string of the molecule is CCC1OCCNC1C. The maximum absolute atomic E-state index is 5.48. The Bertz CT molecular complexity index is 85.0. The van der Waals surface area contributed by atoms with Crippen LogP contribution in [0.5, 0.6) is 0 Å². The Kier molecular flexibility index (Phi) is 2.49. The first-order valence-corrected chi connectivity index (χ1v) is 3.69. The first-order valence-electron chi connectivity index (χ1n) is 3.69. The van der Waals surface area contributed by atoms with E-state index in [-0.39, 0.29) is 0 Å². The zero-order chi connectivity index (χ0) is 6.69. The highest BCUT2D eigenvalue weighted by Crippen LogP contribution is 2.06. The van der Waals surface area contributed by atoms with Gasteiger partial charge in [0.25, 0.3) is 0 Å². The molecule has 1 aliphatic heterocycles. The molecule has 9 heavy (non-hydrogen) atoms. The summed E-state index contributed by atoms with van der Waals surface area (Å²) in [6.45, 7) is 6.22. The second kappa shape index (κ2) is 3.18. The molecule has 0 radical (unpaired) electrons. The molecule has 1 heterocycles. The third kappa shape index (κ3) is 1.66. The fourth-order valence-electron chi connectivity index (χ4n) is 1.24. The van der Waals surface area contributed by atoms with E-state index in [4.69, 9.17) is 4.74 Å². The molecule has 54 valence electrons. The van der Waals surface area contributed by atoms with Crippen molar-refractivity contribution in [3.8, 4) is 0 Å². The molecule has 2 unspecified atom stereocenters. The molecule has 0 amide bonds. The Labute approximate surface area is 56.6 Å². The first kappa shape index (κ1) is 7.03. The Balaban J connectivity index is 2.30. The van der Waals surface area contributed by atoms with Gasteiger partial charge in [-0.25, -0.2) is 0 Å². The molecule has 2 nitrogen and oxygen atoms in total. The van der Waals surface area contributed by atoms with Gasteiger partial charge < -0.3 is 10.1 Å². The van der Waals surface area contributed by atoms with Gasteiger partial charge in [-0.15, -0.1) is 0 Å². The number of morpholine rings is 1. The van der Waals surface area contributed by atoms with Gasteiger partial charge in [0.15, 0.2) is 0 Å². The highest BCUT2D eigenvalue weighted by molar-refractivity contribution is 4.74. The Morgan fingerprint density at radius 1 is 1.67 bits per heavy atom. The largest absolute Gasteiger partial charge is 0.375 e. The van der Waals surface area contributed by atoms with E-state index in [1.165, 1.54) is 0 Å². The third-order valence-electron chi connectivity index (χ3n) is 1.86. The van der Waals surface area contributed by atoms with Crippen LogP contribution >= 0.6 is 0 Å². The zero-order valence-electron chi connectivity index (χ0n) is 6.18. The molecule has 1 aliphatic rings. The molecular formula is C7H15NO. The van der Waals surface area contributed by atoms with Gasteiger partial charge in [-0.2, -0.15) is 0 Å². The fraction of sp³-hybridized carbons (Fsp3) is 1.00. The third-order valence-corrected chi connectivity index (χ3v) is 1.86. The van der Waals surface area contributed by atoms with Crippen molar-refractivity contribution in [1.82, 2.24) is 5.32 Å². The van der Waals surface area contributed by atoms with Crippen LogP contribution in [0.3, 0.4) is 0 Å². The smallest absolute Gasteiger partial charge is 0.0723 e. The summed E-state index contributed by atoms with van der Waals surface area (Å²) in [5.74, 6) is 0. The van der Waals surface area contributed by atoms with Crippen LogP contribution in [0.4, 0.5) is 0 Å². The summed E-state index contributed by atoms with van der Waals surface area (Å²) in [6.07, 6.45) is 1.56. The molecule has 1 saturated heterocycles. The maximum atomic E-state index is 5.48. The lowest BCUT2D eigenvalue weighted by Gasteiger charge is -2.29. The van der Waals surface area contributed by atoms with E-state index in [9.17, 15) is 0 Å². The van der Waals surface area contributed by atoms with Gasteiger partial charge in [0.2, 0.25) is 0 Å². The monoisotopic (exact) mass is 129 g/mol. The molecule has 0 aromatic carbocycles. The predicted molar refractivity (Wildman–Crippen MR) is 37.5 cm³/mol. The Hall–Kier alpha value is -0.0800. The van der Waals surface area contributed by atoms with E-state index in [1.807, 2.05) is 0 Å². The van der Waals surface area contributed by atoms with E-state index < -0.39 is 0 Å². The molecule has 2 atom stereocenters. The van der Waals surface area contributed by atoms with Crippen molar-refractivity contribution in [2.45, 2.75) is 32.4 Å². The Morgan fingerprint density at radius 2 is 2.44 bits per heavy atom. The fourth-order valence-corrected chi connectivity index (χ4v) is 1.24. The molecule has 1 N–H and O–H groups in total. The summed E-state index contributed by atoms with van der Waals surface area (Å²) in [6, 6.07) is 0.545. The normalized spacial score (nSPS) is 36.7. The highest BCUT2D eigenvalue weighted by atomic mass is 16.5. The van der Waals surface area contributed by atoms with Crippen molar-refractivity contribution in [3.05, 3.63) is 0 Å². The van der Waals surface area contributed by atoms with E-state index in [0.717, 1.165) is 19.6 Å². The van der Waals surface area contributed by atoms with Crippen molar-refractivity contribution < 1.29 is 4.74 Å². The molecule has 0 aromatic heterocycles. The van der Waals surface area contributed by atoms with Crippen LogP contribution in [0, 0.1) is 0 Å². The average molecular weight is 129 g/mol. The summed E-state index contributed by atoms with van der Waals surface area (Å²) in [7, 11) is 0. The van der Waals surface area contributed by atoms with E-state index in [0.29, 0.717) is 12.1 Å². The Morgan fingerprint density at radius 3 is 2.89 bits per heavy atom. The van der Waals surface area contributed by atoms with E-state index in [1.54, 1.807) is 0 Å². The van der Waals surface area contributed by atoms with Gasteiger partial charge in [0, 0.05) is 12.6 Å². The van der Waals surface area contributed by atoms with E-state index in [2.05, 4.69) is 19.2 Å². The summed E-state index contributed by atoms with van der Waals surface area (Å²) >= 11 is 0. The first-order chi connectivity index (χ1) is 4.34. The molecule has 1 rings (SSSR count). The van der Waals surface area contributed by atoms with Crippen LogP contribution in [-0.4, -0.2) is 25.3 Å². The van der Waals surface area contributed by atoms with Gasteiger partial charge in [-0.3, -0.25) is 0 Å². The molecule has 0 aliphatic carbocycles. The highest BCUT2D eigenvalue weighted by Gasteiger charge is 2.18. The second-order valence-corrected chi connectivity index (χ2v) is 2.56. The lowest BCUT2D eigenvalue weighted by Crippen LogP contribution is -2.45. The van der Waals surface area contributed by atoms with Crippen molar-refractivity contribution >= 4 is 0 Å². The standard InChI is InChI=1S/C7H15NO/c1-3-7-6(2)8-4-5-9-7/h6-8H,3-5H2,1-2H3. The minimum atomic E-state index is 0.443. The van der Waals surface area contributed by atoms with Gasteiger partial charge in [0.1, 0.15) is 0 Å². The maximum Gasteiger partial charge on any atom is 0.0723 e. The second-order valence-electron chi connectivity index (χ2n) is 2.56. The van der Waals surface area contributed by atoms with Crippen LogP contribution in [0.1, 0.15) is 20.3 Å². The van der Waals surface area contributed by atoms with Crippen LogP contribution in [0.2, 0.25) is 0 Å². The van der Waals surface area contributed by atoms with Gasteiger partial charge in [0.05, 0.1) is 12.7 Å². The number of hydrogen-bond acceptors (Lipinski definition) is 2. The lowest BCUT2D eigenvalue weighted by atomic mass is 10.1. The van der Waals surface area contributed by atoms with Crippen LogP contribution in [0.15, 0.2) is 0 Å². The number of ether oxygens (including phenoxy) is 1. The quantitative estimate of drug-likeness (QED) is 0.564. The summed E-state index contributed by atoms with van der Waals surface area (Å²) < 4.78 is 5.48. The van der Waals surface area contributed by atoms with E-state index >= 15 is 0 Å². The molecule has 0 aromatic rings. The predicted octanol–water partition coefficient (Wildman–Crippen LogP) is 0.773. The lowest BCUT2D eigenvalue weighted by molar-refractivity contribution is -0.000523. The molecular weight excluding hydrogens is 114 g/mol. The summed E-state index contributed by atoms with van der Waals surface area (Å²) in [5, 5.41) is 3.36. The molecule has 0 spiro atoms. The topological polar surface area (TPSA) is 21.3 Å². The van der Waals surface area contributed by atoms with Crippen molar-refractivity contribution in [2.75, 3.05) is 13.2 Å². The number of hydrogen-bond donors (Lipinski definition) is 1. The van der Waals surface area contributed by atoms with Crippen LogP contribution in [-0.2, 0) is 4.74 Å². The van der Waals surface area contributed by atoms with Crippen molar-refractivity contribution in [2.24, 2.45) is 0 Å². The minimum Gasteiger partial charge on any atom is -0.375 e. The molecule has 0 bridgehead atoms. The summed E-state index contributed by atoms with van der Waals surface area (Å²) in [4.78, 5) is 0. The number of nitrogens with one attached hydrogen (secondary N) is 1. The van der Waals surface area contributed by atoms with Crippen molar-refractivity contribution in [1.29, 1.82) is 0 Å². The van der Waals surface area contributed by atoms with Crippen molar-refractivity contribution in [3.63, 3.8) is 0 Å². The van der Waals surface area contributed by atoms with Crippen LogP contribution < -0.4 is 5.32 Å². The minimum absolute atomic E-state index is 0.443. The summed E-state index contributed by atoms with van der Waals surface area (Å²) in [5.41, 5.74) is 0. The number of rotatable bonds is 1. The van der Waals surface area contributed by atoms with Gasteiger partial charge in [-0.05, 0) is 13.3 Å². The average Bonchev–Trinajstić information content (AvgIpc) is 1.89. The van der Waals surface area contributed by atoms with Gasteiger partial charge in [-0.1, -0.05) is 6.92 Å². The molecule has 1 fully saturated rings.